The van der Waals surface area contributed by atoms with E-state index in [0.717, 1.165) is 61.9 Å². The van der Waals surface area contributed by atoms with E-state index >= 15 is 0 Å². The van der Waals surface area contributed by atoms with E-state index < -0.39 is 0 Å². The molecule has 2 aliphatic rings. The molecule has 2 heterocycles. The van der Waals surface area contributed by atoms with Crippen LogP contribution in [0.2, 0.25) is 0 Å². The molecule has 1 aromatic rings. The molecular weight excluding hydrogens is 250 g/mol. The van der Waals surface area contributed by atoms with Crippen molar-refractivity contribution < 1.29 is 4.79 Å². The van der Waals surface area contributed by atoms with Crippen molar-refractivity contribution in [3.63, 3.8) is 0 Å². The van der Waals surface area contributed by atoms with Crippen LogP contribution in [0.25, 0.3) is 0 Å². The van der Waals surface area contributed by atoms with Gasteiger partial charge in [-0.25, -0.2) is 0 Å². The quantitative estimate of drug-likeness (QED) is 0.827. The third-order valence-electron chi connectivity index (χ3n) is 4.34. The van der Waals surface area contributed by atoms with Gasteiger partial charge in [-0.1, -0.05) is 13.0 Å². The van der Waals surface area contributed by atoms with Crippen LogP contribution in [0.15, 0.2) is 18.2 Å². The largest absolute Gasteiger partial charge is 0.382 e. The third kappa shape index (κ3) is 2.60. The molecule has 0 aromatic heterocycles. The summed E-state index contributed by atoms with van der Waals surface area (Å²) in [6.07, 6.45) is 3.47. The number of hydrogen-bond donors (Lipinski definition) is 2. The lowest BCUT2D eigenvalue weighted by Crippen LogP contribution is -2.33. The van der Waals surface area contributed by atoms with Crippen molar-refractivity contribution in [3.8, 4) is 0 Å². The normalized spacial score (nSPS) is 22.2. The summed E-state index contributed by atoms with van der Waals surface area (Å²) in [5.74, 6) is 0.907. The fraction of sp³-hybridized carbons (Fsp3) is 0.562. The Balaban J connectivity index is 1.83. The standard InChI is InChI=1S/C16H23N3O/c1-12-4-3-10-19(11-7-12)16(20)13-5-2-6-14-15(13)18-9-8-17-14/h2,5-6,12,17-18H,3-4,7-11H2,1H3. The minimum Gasteiger partial charge on any atom is -0.382 e. The molecule has 1 fully saturated rings. The zero-order chi connectivity index (χ0) is 13.9. The Morgan fingerprint density at radius 3 is 2.95 bits per heavy atom. The maximum absolute atomic E-state index is 12.8. The SMILES string of the molecule is CC1CCCN(C(=O)c2cccc3c2NCCN3)CC1. The fourth-order valence-electron chi connectivity index (χ4n) is 3.09. The number of carbonyl (C=O) groups is 1. The highest BCUT2D eigenvalue weighted by atomic mass is 16.2. The van der Waals surface area contributed by atoms with Crippen molar-refractivity contribution in [1.82, 2.24) is 4.90 Å². The average molecular weight is 273 g/mol. The Morgan fingerprint density at radius 2 is 2.05 bits per heavy atom. The molecule has 3 rings (SSSR count). The summed E-state index contributed by atoms with van der Waals surface area (Å²) < 4.78 is 0. The molecule has 20 heavy (non-hydrogen) atoms. The van der Waals surface area contributed by atoms with Gasteiger partial charge in [0.2, 0.25) is 0 Å². The maximum atomic E-state index is 12.8. The molecule has 1 amide bonds. The first-order valence-corrected chi connectivity index (χ1v) is 7.66. The van der Waals surface area contributed by atoms with Crippen molar-refractivity contribution in [2.24, 2.45) is 5.92 Å². The Morgan fingerprint density at radius 1 is 1.20 bits per heavy atom. The number of carbonyl (C=O) groups excluding carboxylic acids is 1. The minimum absolute atomic E-state index is 0.173. The van der Waals surface area contributed by atoms with Gasteiger partial charge in [0.05, 0.1) is 16.9 Å². The van der Waals surface area contributed by atoms with Crippen molar-refractivity contribution in [2.45, 2.75) is 26.2 Å². The molecule has 1 atom stereocenters. The lowest BCUT2D eigenvalue weighted by molar-refractivity contribution is 0.0761. The molecule has 0 saturated carbocycles. The van der Waals surface area contributed by atoms with Crippen LogP contribution in [0.4, 0.5) is 11.4 Å². The van der Waals surface area contributed by atoms with Gasteiger partial charge in [0.15, 0.2) is 0 Å². The molecular formula is C16H23N3O. The molecule has 4 heteroatoms. The molecule has 0 bridgehead atoms. The predicted molar refractivity (Wildman–Crippen MR) is 82.3 cm³/mol. The zero-order valence-electron chi connectivity index (χ0n) is 12.1. The predicted octanol–water partition coefficient (Wildman–Crippen LogP) is 2.79. The fourth-order valence-corrected chi connectivity index (χ4v) is 3.09. The molecule has 1 unspecified atom stereocenters. The molecule has 2 aliphatic heterocycles. The third-order valence-corrected chi connectivity index (χ3v) is 4.34. The summed E-state index contributed by atoms with van der Waals surface area (Å²) in [5.41, 5.74) is 2.83. The maximum Gasteiger partial charge on any atom is 0.256 e. The van der Waals surface area contributed by atoms with Gasteiger partial charge in [-0.2, -0.15) is 0 Å². The lowest BCUT2D eigenvalue weighted by Gasteiger charge is -2.26. The van der Waals surface area contributed by atoms with Gasteiger partial charge in [-0.15, -0.1) is 0 Å². The van der Waals surface area contributed by atoms with Gasteiger partial charge in [0, 0.05) is 26.2 Å². The van der Waals surface area contributed by atoms with E-state index in [0.29, 0.717) is 0 Å². The second-order valence-corrected chi connectivity index (χ2v) is 5.91. The van der Waals surface area contributed by atoms with Crippen molar-refractivity contribution in [1.29, 1.82) is 0 Å². The Labute approximate surface area is 120 Å². The molecule has 1 saturated heterocycles. The molecule has 108 valence electrons. The summed E-state index contributed by atoms with van der Waals surface area (Å²) in [7, 11) is 0. The number of nitrogens with zero attached hydrogens (tertiary/aromatic N) is 1. The van der Waals surface area contributed by atoms with Gasteiger partial charge < -0.3 is 15.5 Å². The summed E-state index contributed by atoms with van der Waals surface area (Å²) in [6, 6.07) is 5.94. The number of nitrogens with one attached hydrogen (secondary N) is 2. The summed E-state index contributed by atoms with van der Waals surface area (Å²) >= 11 is 0. The zero-order valence-corrected chi connectivity index (χ0v) is 12.1. The van der Waals surface area contributed by atoms with E-state index in [1.54, 1.807) is 0 Å². The number of amides is 1. The molecule has 1 aromatic carbocycles. The minimum atomic E-state index is 0.173. The molecule has 0 aliphatic carbocycles. The van der Waals surface area contributed by atoms with Gasteiger partial charge >= 0.3 is 0 Å². The highest BCUT2D eigenvalue weighted by Gasteiger charge is 2.23. The summed E-state index contributed by atoms with van der Waals surface area (Å²) in [4.78, 5) is 14.8. The monoisotopic (exact) mass is 273 g/mol. The summed E-state index contributed by atoms with van der Waals surface area (Å²) in [6.45, 7) is 5.83. The van der Waals surface area contributed by atoms with E-state index in [2.05, 4.69) is 17.6 Å². The van der Waals surface area contributed by atoms with Crippen LogP contribution in [-0.2, 0) is 0 Å². The van der Waals surface area contributed by atoms with Crippen molar-refractivity contribution in [3.05, 3.63) is 23.8 Å². The van der Waals surface area contributed by atoms with Crippen LogP contribution < -0.4 is 10.6 Å². The van der Waals surface area contributed by atoms with Gasteiger partial charge in [-0.3, -0.25) is 4.79 Å². The van der Waals surface area contributed by atoms with Gasteiger partial charge in [0.1, 0.15) is 0 Å². The number of hydrogen-bond acceptors (Lipinski definition) is 3. The number of para-hydroxylation sites is 1. The number of benzene rings is 1. The topological polar surface area (TPSA) is 44.4 Å². The van der Waals surface area contributed by atoms with E-state index in [9.17, 15) is 4.79 Å². The lowest BCUT2D eigenvalue weighted by atomic mass is 10.0. The first-order chi connectivity index (χ1) is 9.75. The molecule has 0 spiro atoms. The van der Waals surface area contributed by atoms with Gasteiger partial charge in [0.25, 0.3) is 5.91 Å². The average Bonchev–Trinajstić information content (AvgIpc) is 2.71. The Kier molecular flexibility index (Phi) is 3.81. The molecule has 0 radical (unpaired) electrons. The van der Waals surface area contributed by atoms with E-state index in [1.807, 2.05) is 23.1 Å². The van der Waals surface area contributed by atoms with Crippen LogP contribution >= 0.6 is 0 Å². The van der Waals surface area contributed by atoms with Crippen molar-refractivity contribution >= 4 is 17.3 Å². The van der Waals surface area contributed by atoms with Crippen LogP contribution in [0, 0.1) is 5.92 Å². The number of likely N-dealkylation sites (tertiary alicyclic amines) is 1. The highest BCUT2D eigenvalue weighted by molar-refractivity contribution is 6.02. The summed E-state index contributed by atoms with van der Waals surface area (Å²) in [5, 5.41) is 6.71. The number of anilines is 2. The highest BCUT2D eigenvalue weighted by Crippen LogP contribution is 2.30. The van der Waals surface area contributed by atoms with Crippen molar-refractivity contribution in [2.75, 3.05) is 36.8 Å². The number of rotatable bonds is 1. The van der Waals surface area contributed by atoms with Crippen LogP contribution in [0.5, 0.6) is 0 Å². The van der Waals surface area contributed by atoms with Crippen LogP contribution in [-0.4, -0.2) is 37.0 Å². The second-order valence-electron chi connectivity index (χ2n) is 5.91. The van der Waals surface area contributed by atoms with Crippen LogP contribution in [0.1, 0.15) is 36.5 Å². The first-order valence-electron chi connectivity index (χ1n) is 7.66. The molecule has 2 N–H and O–H groups in total. The molecule has 4 nitrogen and oxygen atoms in total. The van der Waals surface area contributed by atoms with Crippen LogP contribution in [0.3, 0.4) is 0 Å². The first kappa shape index (κ1) is 13.3. The Bertz CT molecular complexity index is 500. The van der Waals surface area contributed by atoms with E-state index in [-0.39, 0.29) is 5.91 Å². The number of fused-ring (bicyclic) bond motifs is 1. The van der Waals surface area contributed by atoms with E-state index in [1.165, 1.54) is 6.42 Å². The smallest absolute Gasteiger partial charge is 0.256 e. The Hall–Kier alpha value is -1.71. The van der Waals surface area contributed by atoms with Gasteiger partial charge in [-0.05, 0) is 37.3 Å². The van der Waals surface area contributed by atoms with E-state index in [4.69, 9.17) is 0 Å². The second kappa shape index (κ2) is 5.73.